The fourth-order valence-electron chi connectivity index (χ4n) is 1.27. The van der Waals surface area contributed by atoms with E-state index in [2.05, 4.69) is 4.98 Å². The molecular weight excluding hydrogens is 280 g/mol. The summed E-state index contributed by atoms with van der Waals surface area (Å²) in [6.07, 6.45) is 1.62. The number of pyridine rings is 1. The van der Waals surface area contributed by atoms with Crippen LogP contribution in [0.1, 0.15) is 5.56 Å². The molecule has 88 valence electrons. The Morgan fingerprint density at radius 1 is 1.12 bits per heavy atom. The van der Waals surface area contributed by atoms with Crippen molar-refractivity contribution < 1.29 is 4.74 Å². The van der Waals surface area contributed by atoms with Gasteiger partial charge in [-0.2, -0.15) is 0 Å². The predicted octanol–water partition coefficient (Wildman–Crippen LogP) is 4.62. The van der Waals surface area contributed by atoms with E-state index in [-0.39, 0.29) is 0 Å². The number of benzene rings is 1. The molecule has 0 saturated heterocycles. The Morgan fingerprint density at radius 3 is 2.71 bits per heavy atom. The Bertz CT molecular complexity index is 531. The lowest BCUT2D eigenvalue weighted by molar-refractivity contribution is 0.306. The summed E-state index contributed by atoms with van der Waals surface area (Å²) in [6, 6.07) is 8.68. The van der Waals surface area contributed by atoms with Crippen molar-refractivity contribution in [3.05, 3.63) is 57.3 Å². The molecule has 17 heavy (non-hydrogen) atoms. The second-order valence-corrected chi connectivity index (χ2v) is 4.52. The molecule has 0 aliphatic carbocycles. The number of ether oxygens (including phenoxy) is 1. The highest BCUT2D eigenvalue weighted by atomic mass is 35.5. The second kappa shape index (κ2) is 5.58. The average Bonchev–Trinajstić information content (AvgIpc) is 2.32. The highest BCUT2D eigenvalue weighted by Crippen LogP contribution is 2.28. The van der Waals surface area contributed by atoms with Crippen LogP contribution in [0, 0.1) is 0 Å². The van der Waals surface area contributed by atoms with Crippen molar-refractivity contribution >= 4 is 34.8 Å². The van der Waals surface area contributed by atoms with Gasteiger partial charge < -0.3 is 4.74 Å². The molecular formula is C12H8Cl3NO. The monoisotopic (exact) mass is 287 g/mol. The summed E-state index contributed by atoms with van der Waals surface area (Å²) in [5.41, 5.74) is 0.796. The van der Waals surface area contributed by atoms with Gasteiger partial charge in [0.25, 0.3) is 0 Å². The Kier molecular flexibility index (Phi) is 4.11. The van der Waals surface area contributed by atoms with E-state index >= 15 is 0 Å². The number of aromatic nitrogens is 1. The second-order valence-electron chi connectivity index (χ2n) is 3.32. The summed E-state index contributed by atoms with van der Waals surface area (Å²) < 4.78 is 5.54. The fraction of sp³-hybridized carbons (Fsp3) is 0.0833. The third-order valence-electron chi connectivity index (χ3n) is 2.11. The van der Waals surface area contributed by atoms with Crippen molar-refractivity contribution in [1.29, 1.82) is 0 Å². The fourth-order valence-corrected chi connectivity index (χ4v) is 1.78. The number of nitrogens with zero attached hydrogens (tertiary/aromatic N) is 1. The van der Waals surface area contributed by atoms with Gasteiger partial charge in [0.15, 0.2) is 0 Å². The zero-order valence-corrected chi connectivity index (χ0v) is 10.9. The standard InChI is InChI=1S/C12H8Cl3NO/c13-9-3-4-10(14)11(6-9)17-7-8-2-1-5-16-12(8)15/h1-6H,7H2. The van der Waals surface area contributed by atoms with E-state index in [1.807, 2.05) is 6.07 Å². The number of halogens is 3. The van der Waals surface area contributed by atoms with Crippen molar-refractivity contribution in [3.8, 4) is 5.75 Å². The van der Waals surface area contributed by atoms with Gasteiger partial charge in [-0.1, -0.05) is 40.9 Å². The highest BCUT2D eigenvalue weighted by molar-refractivity contribution is 6.34. The van der Waals surface area contributed by atoms with Crippen LogP contribution in [0.4, 0.5) is 0 Å². The maximum atomic E-state index is 5.97. The number of hydrogen-bond donors (Lipinski definition) is 0. The average molecular weight is 289 g/mol. The first-order valence-corrected chi connectivity index (χ1v) is 5.97. The van der Waals surface area contributed by atoms with Gasteiger partial charge in [-0.3, -0.25) is 0 Å². The maximum Gasteiger partial charge on any atom is 0.139 e. The Balaban J connectivity index is 2.12. The van der Waals surface area contributed by atoms with E-state index in [1.165, 1.54) is 0 Å². The molecule has 0 aliphatic rings. The third-order valence-corrected chi connectivity index (χ3v) is 3.00. The molecule has 0 aliphatic heterocycles. The first-order valence-electron chi connectivity index (χ1n) is 4.84. The summed E-state index contributed by atoms with van der Waals surface area (Å²) in [4.78, 5) is 3.96. The minimum Gasteiger partial charge on any atom is -0.487 e. The van der Waals surface area contributed by atoms with E-state index in [1.54, 1.807) is 30.5 Å². The molecule has 5 heteroatoms. The smallest absolute Gasteiger partial charge is 0.139 e. The van der Waals surface area contributed by atoms with Crippen molar-refractivity contribution in [3.63, 3.8) is 0 Å². The summed E-state index contributed by atoms with van der Waals surface area (Å²) in [5, 5.41) is 1.50. The molecule has 2 nitrogen and oxygen atoms in total. The van der Waals surface area contributed by atoms with Gasteiger partial charge in [0, 0.05) is 22.8 Å². The molecule has 2 aromatic rings. The quantitative estimate of drug-likeness (QED) is 0.769. The number of rotatable bonds is 3. The van der Waals surface area contributed by atoms with Gasteiger partial charge in [0.05, 0.1) is 5.02 Å². The van der Waals surface area contributed by atoms with Crippen molar-refractivity contribution in [2.45, 2.75) is 6.61 Å². The van der Waals surface area contributed by atoms with Gasteiger partial charge in [0.1, 0.15) is 17.5 Å². The zero-order valence-electron chi connectivity index (χ0n) is 8.66. The Morgan fingerprint density at radius 2 is 1.94 bits per heavy atom. The summed E-state index contributed by atoms with van der Waals surface area (Å²) >= 11 is 17.7. The zero-order chi connectivity index (χ0) is 12.3. The summed E-state index contributed by atoms with van der Waals surface area (Å²) in [6.45, 7) is 0.298. The van der Waals surface area contributed by atoms with Crippen LogP contribution in [0.2, 0.25) is 15.2 Å². The van der Waals surface area contributed by atoms with Crippen LogP contribution in [0.25, 0.3) is 0 Å². The molecule has 0 spiro atoms. The molecule has 2 rings (SSSR count). The van der Waals surface area contributed by atoms with E-state index in [4.69, 9.17) is 39.5 Å². The lowest BCUT2D eigenvalue weighted by Crippen LogP contribution is -1.97. The SMILES string of the molecule is Clc1ccc(Cl)c(OCc2cccnc2Cl)c1. The highest BCUT2D eigenvalue weighted by Gasteiger charge is 2.05. The molecule has 0 unspecified atom stereocenters. The van der Waals surface area contributed by atoms with Crippen LogP contribution in [0.5, 0.6) is 5.75 Å². The van der Waals surface area contributed by atoms with Crippen LogP contribution < -0.4 is 4.74 Å². The van der Waals surface area contributed by atoms with E-state index in [0.29, 0.717) is 27.6 Å². The van der Waals surface area contributed by atoms with Gasteiger partial charge in [-0.25, -0.2) is 4.98 Å². The molecule has 1 aromatic heterocycles. The van der Waals surface area contributed by atoms with Gasteiger partial charge in [-0.15, -0.1) is 0 Å². The lowest BCUT2D eigenvalue weighted by atomic mass is 10.3. The molecule has 0 fully saturated rings. The summed E-state index contributed by atoms with van der Waals surface area (Å²) in [5.74, 6) is 0.527. The van der Waals surface area contributed by atoms with Crippen molar-refractivity contribution in [2.24, 2.45) is 0 Å². The number of hydrogen-bond acceptors (Lipinski definition) is 2. The van der Waals surface area contributed by atoms with Crippen molar-refractivity contribution in [1.82, 2.24) is 4.98 Å². The first kappa shape index (κ1) is 12.5. The molecule has 0 saturated carbocycles. The van der Waals surface area contributed by atoms with Crippen LogP contribution in [-0.4, -0.2) is 4.98 Å². The minimum atomic E-state index is 0.298. The normalized spacial score (nSPS) is 10.3. The maximum absolute atomic E-state index is 5.97. The molecule has 0 atom stereocenters. The van der Waals surface area contributed by atoms with E-state index in [9.17, 15) is 0 Å². The topological polar surface area (TPSA) is 22.1 Å². The Labute approximate surface area is 114 Å². The van der Waals surface area contributed by atoms with Gasteiger partial charge >= 0.3 is 0 Å². The molecule has 0 amide bonds. The lowest BCUT2D eigenvalue weighted by Gasteiger charge is -2.08. The molecule has 1 heterocycles. The van der Waals surface area contributed by atoms with E-state index in [0.717, 1.165) is 5.56 Å². The van der Waals surface area contributed by atoms with Crippen LogP contribution >= 0.6 is 34.8 Å². The molecule has 0 N–H and O–H groups in total. The van der Waals surface area contributed by atoms with E-state index < -0.39 is 0 Å². The minimum absolute atomic E-state index is 0.298. The van der Waals surface area contributed by atoms with Crippen LogP contribution in [-0.2, 0) is 6.61 Å². The van der Waals surface area contributed by atoms with Gasteiger partial charge in [0.2, 0.25) is 0 Å². The predicted molar refractivity (Wildman–Crippen MR) is 70.0 cm³/mol. The molecule has 0 bridgehead atoms. The first-order chi connectivity index (χ1) is 8.16. The van der Waals surface area contributed by atoms with Crippen molar-refractivity contribution in [2.75, 3.05) is 0 Å². The van der Waals surface area contributed by atoms with Gasteiger partial charge in [-0.05, 0) is 18.2 Å². The summed E-state index contributed by atoms with van der Waals surface area (Å²) in [7, 11) is 0. The van der Waals surface area contributed by atoms with Crippen LogP contribution in [0.15, 0.2) is 36.5 Å². The largest absolute Gasteiger partial charge is 0.487 e. The molecule has 1 aromatic carbocycles. The Hall–Kier alpha value is -0.960. The van der Waals surface area contributed by atoms with Crippen LogP contribution in [0.3, 0.4) is 0 Å². The third kappa shape index (κ3) is 3.25. The molecule has 0 radical (unpaired) electrons.